The first-order valence-corrected chi connectivity index (χ1v) is 8.22. The Kier molecular flexibility index (Phi) is 6.88. The summed E-state index contributed by atoms with van der Waals surface area (Å²) in [5.74, 6) is -2.26. The monoisotopic (exact) mass is 397 g/mol. The minimum absolute atomic E-state index is 0.137. The molecule has 1 fully saturated rings. The molecule has 11 nitrogen and oxygen atoms in total. The van der Waals surface area contributed by atoms with Crippen LogP contribution in [-0.2, 0) is 33.3 Å². The molecule has 0 aliphatic carbocycles. The first kappa shape index (κ1) is 21.1. The molecule has 28 heavy (non-hydrogen) atoms. The van der Waals surface area contributed by atoms with Gasteiger partial charge in [-0.05, 0) is 6.07 Å². The number of nitro benzene ring substituents is 1. The van der Waals surface area contributed by atoms with Crippen molar-refractivity contribution in [3.8, 4) is 5.75 Å². The highest BCUT2D eigenvalue weighted by atomic mass is 16.7. The van der Waals surface area contributed by atoms with E-state index in [1.807, 2.05) is 0 Å². The Morgan fingerprint density at radius 1 is 1.00 bits per heavy atom. The molecule has 0 N–H and O–H groups in total. The van der Waals surface area contributed by atoms with Crippen LogP contribution < -0.4 is 4.74 Å². The molecule has 0 aromatic heterocycles. The molecule has 11 heteroatoms. The Bertz CT molecular complexity index is 764. The highest BCUT2D eigenvalue weighted by Crippen LogP contribution is 2.31. The zero-order valence-electron chi connectivity index (χ0n) is 15.4. The van der Waals surface area contributed by atoms with Crippen LogP contribution in [0.1, 0.15) is 20.8 Å². The first-order valence-electron chi connectivity index (χ1n) is 8.22. The van der Waals surface area contributed by atoms with E-state index in [1.165, 1.54) is 24.3 Å². The van der Waals surface area contributed by atoms with Gasteiger partial charge in [-0.3, -0.25) is 24.5 Å². The number of carbonyl (C=O) groups excluding carboxylic acids is 3. The van der Waals surface area contributed by atoms with Gasteiger partial charge in [0.2, 0.25) is 12.4 Å². The van der Waals surface area contributed by atoms with Gasteiger partial charge in [-0.1, -0.05) is 12.1 Å². The minimum atomic E-state index is -1.35. The molecule has 1 aromatic rings. The van der Waals surface area contributed by atoms with E-state index in [0.29, 0.717) is 0 Å². The van der Waals surface area contributed by atoms with Crippen LogP contribution in [0.4, 0.5) is 5.69 Å². The molecule has 0 spiro atoms. The summed E-state index contributed by atoms with van der Waals surface area (Å²) in [5.41, 5.74) is -0.334. The van der Waals surface area contributed by atoms with E-state index in [-0.39, 0.29) is 18.0 Å². The third-order valence-corrected chi connectivity index (χ3v) is 3.61. The van der Waals surface area contributed by atoms with E-state index in [1.54, 1.807) is 0 Å². The van der Waals surface area contributed by atoms with Crippen LogP contribution in [0.25, 0.3) is 0 Å². The number of hydrogen-bond acceptors (Lipinski definition) is 10. The fraction of sp³-hybridized carbons (Fsp3) is 0.471. The van der Waals surface area contributed by atoms with E-state index >= 15 is 0 Å². The maximum atomic E-state index is 11.6. The zero-order valence-corrected chi connectivity index (χ0v) is 15.4. The fourth-order valence-corrected chi connectivity index (χ4v) is 2.64. The van der Waals surface area contributed by atoms with Crippen LogP contribution in [-0.4, -0.2) is 54.0 Å². The van der Waals surface area contributed by atoms with Gasteiger partial charge in [-0.2, -0.15) is 0 Å². The van der Waals surface area contributed by atoms with Crippen LogP contribution >= 0.6 is 0 Å². The minimum Gasteiger partial charge on any atom is -0.456 e. The number of benzene rings is 1. The number of esters is 3. The largest absolute Gasteiger partial charge is 0.456 e. The highest BCUT2D eigenvalue weighted by molar-refractivity contribution is 5.68. The van der Waals surface area contributed by atoms with Crippen LogP contribution in [0.2, 0.25) is 0 Å². The Morgan fingerprint density at radius 2 is 1.57 bits per heavy atom. The third-order valence-electron chi connectivity index (χ3n) is 3.61. The Balaban J connectivity index is 2.34. The Morgan fingerprint density at radius 3 is 2.14 bits per heavy atom. The van der Waals surface area contributed by atoms with Gasteiger partial charge in [-0.25, -0.2) is 0 Å². The van der Waals surface area contributed by atoms with Crippen LogP contribution in [0.15, 0.2) is 24.3 Å². The van der Waals surface area contributed by atoms with Gasteiger partial charge in [0.15, 0.2) is 18.0 Å². The summed E-state index contributed by atoms with van der Waals surface area (Å²) in [7, 11) is 0. The molecule has 2 rings (SSSR count). The molecule has 1 aliphatic heterocycles. The predicted molar refractivity (Wildman–Crippen MR) is 90.1 cm³/mol. The third kappa shape index (κ3) is 5.39. The van der Waals surface area contributed by atoms with Crippen molar-refractivity contribution in [3.63, 3.8) is 0 Å². The quantitative estimate of drug-likeness (QED) is 0.297. The number of nitro groups is 1. The van der Waals surface area contributed by atoms with Gasteiger partial charge in [0, 0.05) is 26.8 Å². The molecule has 152 valence electrons. The van der Waals surface area contributed by atoms with E-state index in [0.717, 1.165) is 20.8 Å². The second-order valence-corrected chi connectivity index (χ2v) is 5.84. The molecule has 0 radical (unpaired) electrons. The Labute approximate surface area is 159 Å². The van der Waals surface area contributed by atoms with Crippen molar-refractivity contribution in [1.29, 1.82) is 0 Å². The fourth-order valence-electron chi connectivity index (χ4n) is 2.64. The molecule has 0 unspecified atom stereocenters. The first-order chi connectivity index (χ1) is 13.2. The molecule has 1 aliphatic rings. The van der Waals surface area contributed by atoms with Crippen molar-refractivity contribution >= 4 is 23.6 Å². The normalized spacial score (nSPS) is 24.0. The van der Waals surface area contributed by atoms with E-state index < -0.39 is 47.4 Å². The maximum Gasteiger partial charge on any atom is 0.311 e. The predicted octanol–water partition coefficient (Wildman–Crippen LogP) is 1.12. The molecule has 4 atom stereocenters. The van der Waals surface area contributed by atoms with Crippen LogP contribution in [0.3, 0.4) is 0 Å². The smallest absolute Gasteiger partial charge is 0.311 e. The number of nitrogens with zero attached hydrogens (tertiary/aromatic N) is 1. The molecular formula is C17H19NO10. The summed E-state index contributed by atoms with van der Waals surface area (Å²) in [4.78, 5) is 44.9. The summed E-state index contributed by atoms with van der Waals surface area (Å²) in [6, 6.07) is 5.53. The SMILES string of the molecule is CC(=O)O[C@H]1[C@@H](Oc2ccccc2[N+](=O)[O-])OC[C@@H](OC(C)=O)[C@H]1OC(C)=O. The van der Waals surface area contributed by atoms with Gasteiger partial charge in [0.05, 0.1) is 11.5 Å². The summed E-state index contributed by atoms with van der Waals surface area (Å²) < 4.78 is 26.5. The number of rotatable bonds is 6. The lowest BCUT2D eigenvalue weighted by Crippen LogP contribution is -2.59. The summed E-state index contributed by atoms with van der Waals surface area (Å²) >= 11 is 0. The van der Waals surface area contributed by atoms with E-state index in [2.05, 4.69) is 0 Å². The molecule has 1 saturated heterocycles. The van der Waals surface area contributed by atoms with Crippen molar-refractivity contribution in [2.24, 2.45) is 0 Å². The summed E-state index contributed by atoms with van der Waals surface area (Å²) in [5, 5.41) is 11.2. The summed E-state index contributed by atoms with van der Waals surface area (Å²) in [6.07, 6.45) is -4.97. The van der Waals surface area contributed by atoms with Crippen LogP contribution in [0.5, 0.6) is 5.75 Å². The van der Waals surface area contributed by atoms with E-state index in [9.17, 15) is 24.5 Å². The highest BCUT2D eigenvalue weighted by Gasteiger charge is 2.48. The second kappa shape index (κ2) is 9.13. The van der Waals surface area contributed by atoms with Gasteiger partial charge in [0.1, 0.15) is 0 Å². The van der Waals surface area contributed by atoms with Crippen molar-refractivity contribution in [3.05, 3.63) is 34.4 Å². The standard InChI is InChI=1S/C17H19NO10/c1-9(19)25-14-8-24-17(16(27-11(3)21)15(14)26-10(2)20)28-13-7-5-4-6-12(13)18(22)23/h4-7,14-17H,8H2,1-3H3/t14-,15-,16-,17-/m1/s1. The number of carbonyl (C=O) groups is 3. The molecule has 0 bridgehead atoms. The van der Waals surface area contributed by atoms with Gasteiger partial charge < -0.3 is 23.7 Å². The molecule has 1 aromatic carbocycles. The maximum absolute atomic E-state index is 11.6. The molecule has 0 saturated carbocycles. The average molecular weight is 397 g/mol. The van der Waals surface area contributed by atoms with Crippen LogP contribution in [0, 0.1) is 10.1 Å². The molecule has 1 heterocycles. The topological polar surface area (TPSA) is 141 Å². The van der Waals surface area contributed by atoms with Crippen molar-refractivity contribution in [2.45, 2.75) is 45.4 Å². The number of ether oxygens (including phenoxy) is 5. The van der Waals surface area contributed by atoms with Gasteiger partial charge in [0.25, 0.3) is 0 Å². The summed E-state index contributed by atoms with van der Waals surface area (Å²) in [6.45, 7) is 3.15. The Hall–Kier alpha value is -3.21. The van der Waals surface area contributed by atoms with Crippen molar-refractivity contribution in [2.75, 3.05) is 6.61 Å². The second-order valence-electron chi connectivity index (χ2n) is 5.84. The lowest BCUT2D eigenvalue weighted by atomic mass is 10.0. The lowest BCUT2D eigenvalue weighted by molar-refractivity contribution is -0.386. The van der Waals surface area contributed by atoms with Gasteiger partial charge >= 0.3 is 23.6 Å². The molecule has 0 amide bonds. The lowest BCUT2D eigenvalue weighted by Gasteiger charge is -2.39. The van der Waals surface area contributed by atoms with Crippen molar-refractivity contribution < 1.29 is 43.0 Å². The van der Waals surface area contributed by atoms with Gasteiger partial charge in [-0.15, -0.1) is 0 Å². The zero-order chi connectivity index (χ0) is 20.8. The molecular weight excluding hydrogens is 378 g/mol. The number of para-hydroxylation sites is 2. The van der Waals surface area contributed by atoms with Crippen molar-refractivity contribution in [1.82, 2.24) is 0 Å². The average Bonchev–Trinajstić information content (AvgIpc) is 2.59. The van der Waals surface area contributed by atoms with E-state index in [4.69, 9.17) is 23.7 Å². The number of hydrogen-bond donors (Lipinski definition) is 0.